The SMILES string of the molecule is CCc1nnc2sc(CC(N)c3ccccc3)nn12. The first kappa shape index (κ1) is 12.3. The van der Waals surface area contributed by atoms with Crippen molar-refractivity contribution < 1.29 is 0 Å². The molecule has 0 aliphatic rings. The Morgan fingerprint density at radius 3 is 2.79 bits per heavy atom. The van der Waals surface area contributed by atoms with Crippen LogP contribution in [0.4, 0.5) is 0 Å². The van der Waals surface area contributed by atoms with E-state index in [1.165, 1.54) is 0 Å². The van der Waals surface area contributed by atoms with Gasteiger partial charge < -0.3 is 5.73 Å². The predicted molar refractivity (Wildman–Crippen MR) is 75.1 cm³/mol. The maximum atomic E-state index is 6.21. The lowest BCUT2D eigenvalue weighted by molar-refractivity contribution is 0.699. The molecule has 0 bridgehead atoms. The van der Waals surface area contributed by atoms with Crippen LogP contribution in [0.1, 0.15) is 29.4 Å². The van der Waals surface area contributed by atoms with Gasteiger partial charge >= 0.3 is 0 Å². The van der Waals surface area contributed by atoms with Crippen LogP contribution in [0.25, 0.3) is 4.96 Å². The quantitative estimate of drug-likeness (QED) is 0.789. The molecule has 0 saturated carbocycles. The summed E-state index contributed by atoms with van der Waals surface area (Å²) in [5.41, 5.74) is 7.34. The monoisotopic (exact) mass is 273 g/mol. The molecule has 19 heavy (non-hydrogen) atoms. The van der Waals surface area contributed by atoms with Crippen LogP contribution in [0, 0.1) is 0 Å². The van der Waals surface area contributed by atoms with E-state index in [4.69, 9.17) is 5.73 Å². The molecule has 3 rings (SSSR count). The van der Waals surface area contributed by atoms with E-state index in [1.807, 2.05) is 41.8 Å². The van der Waals surface area contributed by atoms with Gasteiger partial charge in [0.2, 0.25) is 4.96 Å². The maximum Gasteiger partial charge on any atom is 0.234 e. The average Bonchev–Trinajstić information content (AvgIpc) is 2.99. The van der Waals surface area contributed by atoms with Gasteiger partial charge in [-0.05, 0) is 5.56 Å². The Morgan fingerprint density at radius 1 is 1.26 bits per heavy atom. The Hall–Kier alpha value is -1.79. The lowest BCUT2D eigenvalue weighted by atomic mass is 10.1. The summed E-state index contributed by atoms with van der Waals surface area (Å²) in [6.07, 6.45) is 1.55. The molecule has 0 aliphatic heterocycles. The molecule has 0 fully saturated rings. The number of nitrogens with two attached hydrogens (primary N) is 1. The van der Waals surface area contributed by atoms with Crippen LogP contribution in [0.15, 0.2) is 30.3 Å². The fourth-order valence-electron chi connectivity index (χ4n) is 2.01. The van der Waals surface area contributed by atoms with E-state index >= 15 is 0 Å². The summed E-state index contributed by atoms with van der Waals surface area (Å²) in [7, 11) is 0. The van der Waals surface area contributed by atoms with E-state index in [-0.39, 0.29) is 6.04 Å². The van der Waals surface area contributed by atoms with Crippen LogP contribution in [0.5, 0.6) is 0 Å². The molecule has 0 aliphatic carbocycles. The summed E-state index contributed by atoms with van der Waals surface area (Å²) >= 11 is 1.55. The minimum atomic E-state index is -0.0323. The molecule has 1 aromatic carbocycles. The van der Waals surface area contributed by atoms with Crippen molar-refractivity contribution in [3.8, 4) is 0 Å². The van der Waals surface area contributed by atoms with Crippen LogP contribution < -0.4 is 5.73 Å². The van der Waals surface area contributed by atoms with Gasteiger partial charge in [0.25, 0.3) is 0 Å². The Labute approximate surface area is 115 Å². The van der Waals surface area contributed by atoms with Gasteiger partial charge in [-0.15, -0.1) is 10.2 Å². The van der Waals surface area contributed by atoms with Crippen molar-refractivity contribution in [3.05, 3.63) is 46.7 Å². The minimum absolute atomic E-state index is 0.0323. The van der Waals surface area contributed by atoms with Gasteiger partial charge in [-0.1, -0.05) is 48.6 Å². The number of aryl methyl sites for hydroxylation is 1. The van der Waals surface area contributed by atoms with Gasteiger partial charge in [0.15, 0.2) is 5.82 Å². The zero-order valence-electron chi connectivity index (χ0n) is 10.7. The first-order valence-electron chi connectivity index (χ1n) is 6.28. The topological polar surface area (TPSA) is 69.1 Å². The second kappa shape index (κ2) is 5.07. The molecule has 0 spiro atoms. The summed E-state index contributed by atoms with van der Waals surface area (Å²) < 4.78 is 1.82. The van der Waals surface area contributed by atoms with Gasteiger partial charge in [-0.2, -0.15) is 9.61 Å². The van der Waals surface area contributed by atoms with Gasteiger partial charge in [0, 0.05) is 18.9 Å². The first-order valence-corrected chi connectivity index (χ1v) is 7.10. The van der Waals surface area contributed by atoms with Crippen LogP contribution in [-0.2, 0) is 12.8 Å². The number of fused-ring (bicyclic) bond motifs is 1. The molecule has 98 valence electrons. The van der Waals surface area contributed by atoms with Crippen LogP contribution >= 0.6 is 11.3 Å². The van der Waals surface area contributed by atoms with Crippen molar-refractivity contribution in [3.63, 3.8) is 0 Å². The van der Waals surface area contributed by atoms with E-state index in [2.05, 4.69) is 15.3 Å². The predicted octanol–water partition coefficient (Wildman–Crippen LogP) is 1.99. The maximum absolute atomic E-state index is 6.21. The Morgan fingerprint density at radius 2 is 2.05 bits per heavy atom. The molecular weight excluding hydrogens is 258 g/mol. The number of benzene rings is 1. The second-order valence-corrected chi connectivity index (χ2v) is 5.42. The van der Waals surface area contributed by atoms with Crippen molar-refractivity contribution in [2.75, 3.05) is 0 Å². The van der Waals surface area contributed by atoms with Crippen molar-refractivity contribution in [1.29, 1.82) is 0 Å². The highest BCUT2D eigenvalue weighted by molar-refractivity contribution is 7.16. The highest BCUT2D eigenvalue weighted by atomic mass is 32.1. The highest BCUT2D eigenvalue weighted by Crippen LogP contribution is 2.20. The third-order valence-corrected chi connectivity index (χ3v) is 3.96. The molecule has 2 heterocycles. The number of hydrogen-bond acceptors (Lipinski definition) is 5. The van der Waals surface area contributed by atoms with Crippen LogP contribution in [-0.4, -0.2) is 19.8 Å². The zero-order chi connectivity index (χ0) is 13.2. The Kier molecular flexibility index (Phi) is 3.27. The highest BCUT2D eigenvalue weighted by Gasteiger charge is 2.13. The van der Waals surface area contributed by atoms with Crippen molar-refractivity contribution >= 4 is 16.3 Å². The fourth-order valence-corrected chi connectivity index (χ4v) is 2.92. The number of aromatic nitrogens is 4. The summed E-state index contributed by atoms with van der Waals surface area (Å²) in [4.78, 5) is 0.840. The summed E-state index contributed by atoms with van der Waals surface area (Å²) in [6, 6.07) is 10.1. The minimum Gasteiger partial charge on any atom is -0.324 e. The van der Waals surface area contributed by atoms with Gasteiger partial charge in [-0.3, -0.25) is 0 Å². The Balaban J connectivity index is 1.83. The van der Waals surface area contributed by atoms with Crippen molar-refractivity contribution in [2.24, 2.45) is 5.73 Å². The summed E-state index contributed by atoms with van der Waals surface area (Å²) in [5, 5.41) is 13.7. The number of rotatable bonds is 4. The van der Waals surface area contributed by atoms with E-state index in [1.54, 1.807) is 11.3 Å². The zero-order valence-corrected chi connectivity index (χ0v) is 11.5. The summed E-state index contributed by atoms with van der Waals surface area (Å²) in [6.45, 7) is 2.05. The molecule has 6 heteroatoms. The van der Waals surface area contributed by atoms with E-state index < -0.39 is 0 Å². The summed E-state index contributed by atoms with van der Waals surface area (Å²) in [5.74, 6) is 0.894. The molecule has 5 nitrogen and oxygen atoms in total. The van der Waals surface area contributed by atoms with Crippen LogP contribution in [0.2, 0.25) is 0 Å². The fraction of sp³-hybridized carbons (Fsp3) is 0.308. The van der Waals surface area contributed by atoms with Crippen molar-refractivity contribution in [2.45, 2.75) is 25.8 Å². The molecule has 1 unspecified atom stereocenters. The second-order valence-electron chi connectivity index (χ2n) is 4.38. The molecule has 1 atom stereocenters. The number of nitrogens with zero attached hydrogens (tertiary/aromatic N) is 4. The third-order valence-electron chi connectivity index (χ3n) is 3.04. The van der Waals surface area contributed by atoms with Crippen LogP contribution in [0.3, 0.4) is 0 Å². The number of hydrogen-bond donors (Lipinski definition) is 1. The van der Waals surface area contributed by atoms with Gasteiger partial charge in [-0.25, -0.2) is 0 Å². The molecule has 0 saturated heterocycles. The molecule has 0 radical (unpaired) electrons. The van der Waals surface area contributed by atoms with E-state index in [9.17, 15) is 0 Å². The molecule has 3 aromatic rings. The smallest absolute Gasteiger partial charge is 0.234 e. The average molecular weight is 273 g/mol. The standard InChI is InChI=1S/C13H15N5S/c1-2-11-15-16-13-18(11)17-12(19-13)8-10(14)9-6-4-3-5-7-9/h3-7,10H,2,8,14H2,1H3. The lowest BCUT2D eigenvalue weighted by Gasteiger charge is -2.09. The largest absolute Gasteiger partial charge is 0.324 e. The normalized spacial score (nSPS) is 12.9. The lowest BCUT2D eigenvalue weighted by Crippen LogP contribution is -2.13. The molecule has 0 amide bonds. The molecule has 2 N–H and O–H groups in total. The van der Waals surface area contributed by atoms with E-state index in [0.717, 1.165) is 34.2 Å². The Bertz CT molecular complexity index is 673. The van der Waals surface area contributed by atoms with Gasteiger partial charge in [0.1, 0.15) is 5.01 Å². The van der Waals surface area contributed by atoms with Gasteiger partial charge in [0.05, 0.1) is 0 Å². The third kappa shape index (κ3) is 2.36. The molecular formula is C13H15N5S. The van der Waals surface area contributed by atoms with E-state index in [0.29, 0.717) is 0 Å². The first-order chi connectivity index (χ1) is 9.28. The molecule has 2 aromatic heterocycles. The van der Waals surface area contributed by atoms with Crippen molar-refractivity contribution in [1.82, 2.24) is 19.8 Å².